The highest BCUT2D eigenvalue weighted by atomic mass is 15.2. The monoisotopic (exact) mass is 493 g/mol. The van der Waals surface area contributed by atoms with Gasteiger partial charge in [0.05, 0.1) is 6.42 Å². The fraction of sp³-hybridized carbons (Fsp3) is 0.400. The molecular formula is C35H45N2+. The molecule has 0 spiro atoms. The lowest BCUT2D eigenvalue weighted by Gasteiger charge is -2.20. The van der Waals surface area contributed by atoms with Gasteiger partial charge in [0.2, 0.25) is 0 Å². The normalized spacial score (nSPS) is 11.9. The fourth-order valence-electron chi connectivity index (χ4n) is 5.47. The summed E-state index contributed by atoms with van der Waals surface area (Å²) in [4.78, 5) is 0. The predicted octanol–water partition coefficient (Wildman–Crippen LogP) is 9.15. The van der Waals surface area contributed by atoms with E-state index in [1.807, 2.05) is 0 Å². The van der Waals surface area contributed by atoms with Crippen molar-refractivity contribution in [1.82, 2.24) is 4.57 Å². The minimum Gasteiger partial charge on any atom is -0.199 e. The molecule has 1 aromatic heterocycles. The number of aromatic nitrogens is 2. The van der Waals surface area contributed by atoms with Crippen molar-refractivity contribution in [2.24, 2.45) is 0 Å². The van der Waals surface area contributed by atoms with E-state index in [9.17, 15) is 0 Å². The van der Waals surface area contributed by atoms with Crippen molar-refractivity contribution in [3.63, 3.8) is 0 Å². The Morgan fingerprint density at radius 1 is 0.622 bits per heavy atom. The van der Waals surface area contributed by atoms with Crippen LogP contribution in [-0.4, -0.2) is 4.57 Å². The van der Waals surface area contributed by atoms with E-state index in [1.165, 1.54) is 50.6 Å². The van der Waals surface area contributed by atoms with E-state index >= 15 is 0 Å². The van der Waals surface area contributed by atoms with Crippen molar-refractivity contribution < 1.29 is 4.57 Å². The van der Waals surface area contributed by atoms with Crippen LogP contribution in [0.4, 0.5) is 0 Å². The first kappa shape index (κ1) is 26.9. The summed E-state index contributed by atoms with van der Waals surface area (Å²) in [5.74, 6) is 3.04. The van der Waals surface area contributed by atoms with E-state index in [0.29, 0.717) is 23.7 Å². The first-order valence-electron chi connectivity index (χ1n) is 14.0. The Kier molecular flexibility index (Phi) is 8.07. The number of benzene rings is 3. The molecule has 0 aliphatic heterocycles. The maximum atomic E-state index is 2.49. The molecule has 0 saturated heterocycles. The Hall–Kier alpha value is -3.13. The summed E-state index contributed by atoms with van der Waals surface area (Å²) in [5.41, 5.74) is 10.9. The molecule has 0 saturated carbocycles. The second-order valence-corrected chi connectivity index (χ2v) is 11.8. The zero-order valence-electron chi connectivity index (χ0n) is 24.3. The quantitative estimate of drug-likeness (QED) is 0.216. The highest BCUT2D eigenvalue weighted by molar-refractivity contribution is 5.52. The van der Waals surface area contributed by atoms with Gasteiger partial charge >= 0.3 is 0 Å². The van der Waals surface area contributed by atoms with E-state index in [2.05, 4.69) is 145 Å². The van der Waals surface area contributed by atoms with Crippen LogP contribution in [0.25, 0.3) is 11.4 Å². The standard InChI is InChI=1S/C35H45N2/c1-23(2)29-12-10-13-30(24(3)4)34(29)36-20-21-37(33(36)22-28-18-16-27(9)17-19-28)35-31(25(5)6)14-11-15-32(35)26(7)8/h10-21,23-26H,22H2,1-9H3/q+1. The molecule has 194 valence electrons. The summed E-state index contributed by atoms with van der Waals surface area (Å²) in [6.45, 7) is 20.6. The molecule has 37 heavy (non-hydrogen) atoms. The van der Waals surface area contributed by atoms with Crippen molar-refractivity contribution in [3.8, 4) is 11.4 Å². The van der Waals surface area contributed by atoms with Crippen LogP contribution in [0.5, 0.6) is 0 Å². The van der Waals surface area contributed by atoms with E-state index in [-0.39, 0.29) is 0 Å². The van der Waals surface area contributed by atoms with E-state index in [4.69, 9.17) is 0 Å². The van der Waals surface area contributed by atoms with Crippen LogP contribution in [0.1, 0.15) is 118 Å². The first-order chi connectivity index (χ1) is 17.6. The lowest BCUT2D eigenvalue weighted by Crippen LogP contribution is -2.37. The molecule has 0 radical (unpaired) electrons. The maximum Gasteiger partial charge on any atom is 0.271 e. The Labute approximate surface area is 225 Å². The molecule has 4 rings (SSSR count). The Balaban J connectivity index is 2.07. The molecule has 2 nitrogen and oxygen atoms in total. The largest absolute Gasteiger partial charge is 0.271 e. The Morgan fingerprint density at radius 3 is 1.54 bits per heavy atom. The van der Waals surface area contributed by atoms with Gasteiger partial charge in [-0.3, -0.25) is 0 Å². The summed E-state index contributed by atoms with van der Waals surface area (Å²) in [6.07, 6.45) is 5.47. The second-order valence-electron chi connectivity index (χ2n) is 11.8. The molecule has 3 aromatic carbocycles. The molecule has 4 aromatic rings. The van der Waals surface area contributed by atoms with Crippen molar-refractivity contribution >= 4 is 0 Å². The lowest BCUT2D eigenvalue weighted by molar-refractivity contribution is -0.604. The van der Waals surface area contributed by atoms with Crippen LogP contribution in [0.2, 0.25) is 0 Å². The van der Waals surface area contributed by atoms with Gasteiger partial charge in [-0.05, 0) is 36.2 Å². The molecule has 0 aliphatic carbocycles. The van der Waals surface area contributed by atoms with Gasteiger partial charge in [0.1, 0.15) is 23.8 Å². The zero-order valence-corrected chi connectivity index (χ0v) is 24.3. The third-order valence-corrected chi connectivity index (χ3v) is 7.57. The summed E-state index contributed by atoms with van der Waals surface area (Å²) < 4.78 is 4.98. The van der Waals surface area contributed by atoms with Crippen molar-refractivity contribution in [2.45, 2.75) is 92.4 Å². The molecule has 1 heterocycles. The van der Waals surface area contributed by atoms with E-state index in [1.54, 1.807) is 0 Å². The van der Waals surface area contributed by atoms with Crippen LogP contribution in [0.15, 0.2) is 73.1 Å². The van der Waals surface area contributed by atoms with Gasteiger partial charge in [-0.25, -0.2) is 0 Å². The van der Waals surface area contributed by atoms with Gasteiger partial charge in [0.15, 0.2) is 0 Å². The first-order valence-corrected chi connectivity index (χ1v) is 14.0. The minimum atomic E-state index is 0.436. The van der Waals surface area contributed by atoms with E-state index in [0.717, 1.165) is 6.42 Å². The summed E-state index contributed by atoms with van der Waals surface area (Å²) >= 11 is 0. The molecule has 0 aliphatic rings. The van der Waals surface area contributed by atoms with Gasteiger partial charge in [-0.2, -0.15) is 9.13 Å². The van der Waals surface area contributed by atoms with Crippen molar-refractivity contribution in [2.75, 3.05) is 0 Å². The molecule has 0 unspecified atom stereocenters. The number of hydrogen-bond acceptors (Lipinski definition) is 0. The third-order valence-electron chi connectivity index (χ3n) is 7.57. The number of imidazole rings is 1. The number of hydrogen-bond donors (Lipinski definition) is 0. The summed E-state index contributed by atoms with van der Waals surface area (Å²) in [6, 6.07) is 22.7. The minimum absolute atomic E-state index is 0.436. The van der Waals surface area contributed by atoms with Gasteiger partial charge in [-0.1, -0.05) is 122 Å². The smallest absolute Gasteiger partial charge is 0.199 e. The highest BCUT2D eigenvalue weighted by Crippen LogP contribution is 2.34. The lowest BCUT2D eigenvalue weighted by atomic mass is 9.92. The molecule has 0 fully saturated rings. The van der Waals surface area contributed by atoms with Gasteiger partial charge in [0, 0.05) is 22.3 Å². The Bertz CT molecular complexity index is 1220. The molecule has 2 heteroatoms. The van der Waals surface area contributed by atoms with Crippen LogP contribution < -0.4 is 4.57 Å². The van der Waals surface area contributed by atoms with Crippen LogP contribution in [-0.2, 0) is 6.42 Å². The van der Waals surface area contributed by atoms with Crippen molar-refractivity contribution in [3.05, 3.63) is 112 Å². The summed E-state index contributed by atoms with van der Waals surface area (Å²) in [7, 11) is 0. The number of aryl methyl sites for hydroxylation is 1. The highest BCUT2D eigenvalue weighted by Gasteiger charge is 2.29. The Morgan fingerprint density at radius 2 is 1.08 bits per heavy atom. The van der Waals surface area contributed by atoms with Gasteiger partial charge in [0.25, 0.3) is 5.82 Å². The van der Waals surface area contributed by atoms with Crippen LogP contribution in [0.3, 0.4) is 0 Å². The third kappa shape index (κ3) is 5.44. The average molecular weight is 494 g/mol. The average Bonchev–Trinajstić information content (AvgIpc) is 3.26. The van der Waals surface area contributed by atoms with Crippen LogP contribution >= 0.6 is 0 Å². The van der Waals surface area contributed by atoms with Crippen LogP contribution in [0, 0.1) is 6.92 Å². The molecule has 0 amide bonds. The van der Waals surface area contributed by atoms with Gasteiger partial charge in [-0.15, -0.1) is 0 Å². The fourth-order valence-corrected chi connectivity index (χ4v) is 5.47. The van der Waals surface area contributed by atoms with E-state index < -0.39 is 0 Å². The van der Waals surface area contributed by atoms with Gasteiger partial charge < -0.3 is 0 Å². The maximum absolute atomic E-state index is 2.49. The summed E-state index contributed by atoms with van der Waals surface area (Å²) in [5, 5.41) is 0. The van der Waals surface area contributed by atoms with Crippen molar-refractivity contribution in [1.29, 1.82) is 0 Å². The second kappa shape index (κ2) is 11.1. The topological polar surface area (TPSA) is 8.81 Å². The molecule has 0 N–H and O–H groups in total. The zero-order chi connectivity index (χ0) is 26.9. The molecule has 0 bridgehead atoms. The number of rotatable bonds is 8. The number of para-hydroxylation sites is 2. The molecule has 0 atom stereocenters. The predicted molar refractivity (Wildman–Crippen MR) is 158 cm³/mol. The SMILES string of the molecule is Cc1ccc(Cc2n(-c3c(C(C)C)cccc3C(C)C)cc[n+]2-c2c(C(C)C)cccc2C(C)C)cc1. The number of nitrogens with zero attached hydrogens (tertiary/aromatic N) is 2. The molecular weight excluding hydrogens is 448 g/mol.